The van der Waals surface area contributed by atoms with Gasteiger partial charge in [-0.3, -0.25) is 14.4 Å². The lowest BCUT2D eigenvalue weighted by Crippen LogP contribution is -2.30. The lowest BCUT2D eigenvalue weighted by Gasteiger charge is -2.18. The molecule has 0 aromatic rings. The van der Waals surface area contributed by atoms with E-state index in [0.29, 0.717) is 19.3 Å². The Morgan fingerprint density at radius 2 is 0.571 bits per heavy atom. The summed E-state index contributed by atoms with van der Waals surface area (Å²) < 4.78 is 16.9. The van der Waals surface area contributed by atoms with E-state index in [1.807, 2.05) is 0 Å². The summed E-state index contributed by atoms with van der Waals surface area (Å²) in [7, 11) is 0. The molecule has 0 aliphatic carbocycles. The molecule has 0 rings (SSSR count). The lowest BCUT2D eigenvalue weighted by molar-refractivity contribution is -0.167. The van der Waals surface area contributed by atoms with E-state index >= 15 is 0 Å². The molecule has 0 heterocycles. The number of allylic oxidation sites excluding steroid dienone is 12. The minimum atomic E-state index is -0.781. The molecule has 0 aliphatic rings. The van der Waals surface area contributed by atoms with Crippen LogP contribution in [-0.4, -0.2) is 37.2 Å². The Morgan fingerprint density at radius 1 is 0.300 bits per heavy atom. The number of unbranched alkanes of at least 4 members (excludes halogenated alkanes) is 31. The molecule has 0 aromatic carbocycles. The van der Waals surface area contributed by atoms with Gasteiger partial charge in [0.2, 0.25) is 0 Å². The summed E-state index contributed by atoms with van der Waals surface area (Å²) in [5.41, 5.74) is 0. The number of esters is 3. The van der Waals surface area contributed by atoms with Crippen LogP contribution < -0.4 is 0 Å². The number of carbonyl (C=O) groups is 3. The van der Waals surface area contributed by atoms with Gasteiger partial charge in [0.05, 0.1) is 0 Å². The van der Waals surface area contributed by atoms with Crippen LogP contribution in [0.15, 0.2) is 72.9 Å². The molecule has 0 spiro atoms. The second-order valence-corrected chi connectivity index (χ2v) is 19.9. The van der Waals surface area contributed by atoms with E-state index in [1.165, 1.54) is 148 Å². The Hall–Kier alpha value is -3.15. The third-order valence-electron chi connectivity index (χ3n) is 12.9. The van der Waals surface area contributed by atoms with E-state index in [1.54, 1.807) is 0 Å². The summed E-state index contributed by atoms with van der Waals surface area (Å²) in [6.07, 6.45) is 74.7. The Bertz CT molecular complexity index is 1310. The van der Waals surface area contributed by atoms with E-state index in [9.17, 15) is 14.4 Å². The molecule has 0 amide bonds. The molecule has 0 bridgehead atoms. The predicted molar refractivity (Wildman–Crippen MR) is 302 cm³/mol. The van der Waals surface area contributed by atoms with E-state index < -0.39 is 6.10 Å². The summed E-state index contributed by atoms with van der Waals surface area (Å²) >= 11 is 0. The first-order valence-corrected chi connectivity index (χ1v) is 29.9. The molecule has 0 N–H and O–H groups in total. The van der Waals surface area contributed by atoms with Crippen molar-refractivity contribution in [2.24, 2.45) is 0 Å². The van der Waals surface area contributed by atoms with Gasteiger partial charge in [-0.1, -0.05) is 267 Å². The molecule has 0 radical (unpaired) electrons. The van der Waals surface area contributed by atoms with Crippen molar-refractivity contribution < 1.29 is 28.6 Å². The summed E-state index contributed by atoms with van der Waals surface area (Å²) in [6.45, 7) is 6.50. The van der Waals surface area contributed by atoms with Gasteiger partial charge in [0.25, 0.3) is 0 Å². The van der Waals surface area contributed by atoms with Crippen LogP contribution in [0.5, 0.6) is 0 Å². The Labute approximate surface area is 433 Å². The summed E-state index contributed by atoms with van der Waals surface area (Å²) in [5.74, 6) is -0.883. The summed E-state index contributed by atoms with van der Waals surface area (Å²) in [5, 5.41) is 0. The molecule has 0 aromatic heterocycles. The first kappa shape index (κ1) is 66.9. The quantitative estimate of drug-likeness (QED) is 0.0261. The zero-order valence-corrected chi connectivity index (χ0v) is 46.3. The van der Waals surface area contributed by atoms with Crippen LogP contribution in [0.3, 0.4) is 0 Å². The third kappa shape index (κ3) is 55.8. The summed E-state index contributed by atoms with van der Waals surface area (Å²) in [4.78, 5) is 38.2. The molecule has 0 aliphatic heterocycles. The maximum atomic E-state index is 12.8. The maximum Gasteiger partial charge on any atom is 0.306 e. The van der Waals surface area contributed by atoms with Crippen LogP contribution in [0.4, 0.5) is 0 Å². The fourth-order valence-electron chi connectivity index (χ4n) is 8.45. The predicted octanol–water partition coefficient (Wildman–Crippen LogP) is 20.2. The molecule has 404 valence electrons. The van der Waals surface area contributed by atoms with Gasteiger partial charge < -0.3 is 14.2 Å². The van der Waals surface area contributed by atoms with E-state index in [2.05, 4.69) is 93.7 Å². The second kappa shape index (κ2) is 58.4. The molecule has 6 heteroatoms. The van der Waals surface area contributed by atoms with Crippen molar-refractivity contribution in [3.63, 3.8) is 0 Å². The van der Waals surface area contributed by atoms with Gasteiger partial charge in [-0.25, -0.2) is 0 Å². The molecule has 70 heavy (non-hydrogen) atoms. The molecule has 0 saturated carbocycles. The number of hydrogen-bond donors (Lipinski definition) is 0. The standard InChI is InChI=1S/C64H112O6/c1-4-7-10-13-16-19-22-25-27-28-29-30-31-32-33-34-35-36-37-40-42-45-48-51-54-57-63(66)69-60-61(59-68-62(65)56-53-50-47-44-41-38-24-21-18-15-12-9-6-3)70-64(67)58-55-52-49-46-43-39-26-23-20-17-14-11-8-5-2/h7,10,14,16-17,19,23,25-27,29-30,61H,4-6,8-9,11-13,15,18,20-22,24,28,31-60H2,1-3H3/b10-7-,17-14-,19-16-,26-23-,27-25-,30-29-. The smallest absolute Gasteiger partial charge is 0.306 e. The minimum Gasteiger partial charge on any atom is -0.462 e. The van der Waals surface area contributed by atoms with Crippen molar-refractivity contribution in [2.45, 2.75) is 303 Å². The van der Waals surface area contributed by atoms with Gasteiger partial charge in [0.1, 0.15) is 13.2 Å². The van der Waals surface area contributed by atoms with Crippen molar-refractivity contribution in [2.75, 3.05) is 13.2 Å². The molecular weight excluding hydrogens is 865 g/mol. The Balaban J connectivity index is 4.27. The zero-order valence-electron chi connectivity index (χ0n) is 46.3. The molecule has 1 unspecified atom stereocenters. The van der Waals surface area contributed by atoms with Crippen LogP contribution >= 0.6 is 0 Å². The zero-order chi connectivity index (χ0) is 50.7. The Kier molecular flexibility index (Phi) is 55.8. The van der Waals surface area contributed by atoms with Crippen LogP contribution in [0, 0.1) is 0 Å². The number of ether oxygens (including phenoxy) is 3. The Morgan fingerprint density at radius 3 is 0.914 bits per heavy atom. The molecule has 6 nitrogen and oxygen atoms in total. The van der Waals surface area contributed by atoms with Crippen molar-refractivity contribution in [1.29, 1.82) is 0 Å². The fourth-order valence-corrected chi connectivity index (χ4v) is 8.45. The highest BCUT2D eigenvalue weighted by Gasteiger charge is 2.19. The monoisotopic (exact) mass is 977 g/mol. The summed E-state index contributed by atoms with van der Waals surface area (Å²) in [6, 6.07) is 0. The van der Waals surface area contributed by atoms with Crippen molar-refractivity contribution in [1.82, 2.24) is 0 Å². The normalized spacial score (nSPS) is 12.6. The lowest BCUT2D eigenvalue weighted by atomic mass is 10.0. The molecule has 0 fully saturated rings. The van der Waals surface area contributed by atoms with Crippen molar-refractivity contribution >= 4 is 17.9 Å². The van der Waals surface area contributed by atoms with Crippen LogP contribution in [0.25, 0.3) is 0 Å². The minimum absolute atomic E-state index is 0.0783. The molecule has 1 atom stereocenters. The fraction of sp³-hybridized carbons (Fsp3) is 0.766. The van der Waals surface area contributed by atoms with E-state index in [-0.39, 0.29) is 31.1 Å². The van der Waals surface area contributed by atoms with Gasteiger partial charge in [-0.05, 0) is 83.5 Å². The SMILES string of the molecule is CC/C=C\C/C=C\C/C=C\C/C=C\CCCCCCCCCCCCCCC(=O)OCC(COC(=O)CCCCCCCCCCCCCCC)OC(=O)CCCCCCC/C=C\C/C=C\CCCC. The first-order chi connectivity index (χ1) is 34.5. The van der Waals surface area contributed by atoms with Crippen molar-refractivity contribution in [3.05, 3.63) is 72.9 Å². The van der Waals surface area contributed by atoms with Crippen LogP contribution in [-0.2, 0) is 28.6 Å². The highest BCUT2D eigenvalue weighted by molar-refractivity contribution is 5.71. The van der Waals surface area contributed by atoms with Gasteiger partial charge in [0.15, 0.2) is 6.10 Å². The number of hydrogen-bond acceptors (Lipinski definition) is 6. The second-order valence-electron chi connectivity index (χ2n) is 19.9. The maximum absolute atomic E-state index is 12.8. The molecular formula is C64H112O6. The van der Waals surface area contributed by atoms with Gasteiger partial charge >= 0.3 is 17.9 Å². The van der Waals surface area contributed by atoms with Crippen molar-refractivity contribution in [3.8, 4) is 0 Å². The van der Waals surface area contributed by atoms with Crippen LogP contribution in [0.2, 0.25) is 0 Å². The average Bonchev–Trinajstić information content (AvgIpc) is 3.36. The highest BCUT2D eigenvalue weighted by Crippen LogP contribution is 2.16. The average molecular weight is 978 g/mol. The topological polar surface area (TPSA) is 78.9 Å². The molecule has 0 saturated heterocycles. The highest BCUT2D eigenvalue weighted by atomic mass is 16.6. The van der Waals surface area contributed by atoms with Gasteiger partial charge in [0, 0.05) is 19.3 Å². The largest absolute Gasteiger partial charge is 0.462 e. The van der Waals surface area contributed by atoms with Gasteiger partial charge in [-0.2, -0.15) is 0 Å². The first-order valence-electron chi connectivity index (χ1n) is 29.9. The van der Waals surface area contributed by atoms with Crippen LogP contribution in [0.1, 0.15) is 297 Å². The number of carbonyl (C=O) groups excluding carboxylic acids is 3. The van der Waals surface area contributed by atoms with Gasteiger partial charge in [-0.15, -0.1) is 0 Å². The van der Waals surface area contributed by atoms with E-state index in [4.69, 9.17) is 14.2 Å². The number of rotatable bonds is 54. The third-order valence-corrected chi connectivity index (χ3v) is 12.9. The van der Waals surface area contributed by atoms with E-state index in [0.717, 1.165) is 109 Å².